The number of nitrogens with one attached hydrogen (secondary N) is 2. The van der Waals surface area contributed by atoms with Gasteiger partial charge in [-0.05, 0) is 32.6 Å². The molecule has 1 amide bonds. The smallest absolute Gasteiger partial charge is 0.230 e. The van der Waals surface area contributed by atoms with E-state index in [0.717, 1.165) is 77.4 Å². The summed E-state index contributed by atoms with van der Waals surface area (Å²) in [5, 5.41) is 6.64. The lowest BCUT2D eigenvalue weighted by Gasteiger charge is -2.29. The molecule has 2 aliphatic rings. The van der Waals surface area contributed by atoms with Crippen LogP contribution in [0.1, 0.15) is 45.4 Å². The van der Waals surface area contributed by atoms with Crippen molar-refractivity contribution in [1.29, 1.82) is 0 Å². The van der Waals surface area contributed by atoms with E-state index in [1.807, 2.05) is 14.1 Å². The van der Waals surface area contributed by atoms with Crippen LogP contribution in [-0.2, 0) is 14.3 Å². The highest BCUT2D eigenvalue weighted by molar-refractivity contribution is 14.0. The van der Waals surface area contributed by atoms with Crippen molar-refractivity contribution in [3.8, 4) is 0 Å². The summed E-state index contributed by atoms with van der Waals surface area (Å²) in [5.41, 5.74) is -0.322. The van der Waals surface area contributed by atoms with Crippen LogP contribution >= 0.6 is 24.0 Å². The van der Waals surface area contributed by atoms with E-state index in [-0.39, 0.29) is 41.4 Å². The second-order valence-electron chi connectivity index (χ2n) is 7.52. The fourth-order valence-electron chi connectivity index (χ4n) is 3.71. The van der Waals surface area contributed by atoms with Gasteiger partial charge in [0.05, 0.1) is 24.7 Å². The average molecular weight is 496 g/mol. The molecule has 2 fully saturated rings. The Morgan fingerprint density at radius 2 is 2.04 bits per heavy atom. The topological polar surface area (TPSA) is 75.2 Å². The van der Waals surface area contributed by atoms with Crippen molar-refractivity contribution < 1.29 is 14.3 Å². The lowest BCUT2D eigenvalue weighted by molar-refractivity contribution is -0.138. The highest BCUT2D eigenvalue weighted by Gasteiger charge is 2.42. The predicted octanol–water partition coefficient (Wildman–Crippen LogP) is 2.00. The predicted molar refractivity (Wildman–Crippen MR) is 119 cm³/mol. The third kappa shape index (κ3) is 7.73. The molecule has 8 heteroatoms. The standard InChI is InChI=1S/C19H36N4O3.HI/c1-4-20-18(21-11-7-12-26-16-8-13-25-14-16)22-15-19(9-5-6-10-19)17(24)23(2)3;/h16H,4-15H2,1-3H3,(H2,20,21,22);1H. The largest absolute Gasteiger partial charge is 0.379 e. The van der Waals surface area contributed by atoms with Gasteiger partial charge in [-0.3, -0.25) is 9.79 Å². The number of guanidine groups is 1. The van der Waals surface area contributed by atoms with Crippen molar-refractivity contribution >= 4 is 35.8 Å². The van der Waals surface area contributed by atoms with Gasteiger partial charge in [0.1, 0.15) is 0 Å². The summed E-state index contributed by atoms with van der Waals surface area (Å²) in [6, 6.07) is 0. The zero-order valence-electron chi connectivity index (χ0n) is 17.1. The van der Waals surface area contributed by atoms with E-state index in [0.29, 0.717) is 6.54 Å². The summed E-state index contributed by atoms with van der Waals surface area (Å²) in [5.74, 6) is 0.997. The zero-order valence-corrected chi connectivity index (χ0v) is 19.4. The van der Waals surface area contributed by atoms with Crippen molar-refractivity contribution in [3.05, 3.63) is 0 Å². The fourth-order valence-corrected chi connectivity index (χ4v) is 3.71. The van der Waals surface area contributed by atoms with Gasteiger partial charge in [0.15, 0.2) is 5.96 Å². The molecule has 0 radical (unpaired) electrons. The number of ether oxygens (including phenoxy) is 2. The molecule has 1 aliphatic carbocycles. The molecule has 0 spiro atoms. The molecule has 0 bridgehead atoms. The van der Waals surface area contributed by atoms with Crippen molar-refractivity contribution in [3.63, 3.8) is 0 Å². The van der Waals surface area contributed by atoms with E-state index in [1.54, 1.807) is 4.90 Å². The summed E-state index contributed by atoms with van der Waals surface area (Å²) in [7, 11) is 3.68. The summed E-state index contributed by atoms with van der Waals surface area (Å²) in [6.07, 6.45) is 6.27. The highest BCUT2D eigenvalue weighted by Crippen LogP contribution is 2.39. The average Bonchev–Trinajstić information content (AvgIpc) is 3.31. The minimum Gasteiger partial charge on any atom is -0.379 e. The van der Waals surface area contributed by atoms with E-state index < -0.39 is 0 Å². The van der Waals surface area contributed by atoms with Crippen LogP contribution in [0.3, 0.4) is 0 Å². The summed E-state index contributed by atoms with van der Waals surface area (Å²) < 4.78 is 11.1. The van der Waals surface area contributed by atoms with Gasteiger partial charge < -0.3 is 25.0 Å². The first-order chi connectivity index (χ1) is 12.6. The normalized spacial score (nSPS) is 21.6. The molecule has 1 saturated heterocycles. The molecule has 0 aromatic rings. The quantitative estimate of drug-likeness (QED) is 0.221. The van der Waals surface area contributed by atoms with Crippen LogP contribution in [0.25, 0.3) is 0 Å². The number of carbonyl (C=O) groups is 1. The number of nitrogens with zero attached hydrogens (tertiary/aromatic N) is 2. The van der Waals surface area contributed by atoms with Crippen LogP contribution in [-0.4, -0.2) is 76.4 Å². The SMILES string of the molecule is CCNC(=NCC1(C(=O)N(C)C)CCCC1)NCCCOC1CCOC1.I. The number of carbonyl (C=O) groups excluding carboxylic acids is 1. The van der Waals surface area contributed by atoms with Gasteiger partial charge in [0.25, 0.3) is 0 Å². The second kappa shape index (κ2) is 12.8. The Morgan fingerprint density at radius 3 is 2.63 bits per heavy atom. The Labute approximate surface area is 181 Å². The van der Waals surface area contributed by atoms with Gasteiger partial charge >= 0.3 is 0 Å². The summed E-state index contributed by atoms with van der Waals surface area (Å²) in [6.45, 7) is 6.47. The number of amides is 1. The number of aliphatic imine (C=N–C) groups is 1. The van der Waals surface area contributed by atoms with Gasteiger partial charge in [-0.15, -0.1) is 24.0 Å². The molecule has 1 saturated carbocycles. The summed E-state index contributed by atoms with van der Waals surface area (Å²) >= 11 is 0. The van der Waals surface area contributed by atoms with Crippen LogP contribution in [0.4, 0.5) is 0 Å². The maximum Gasteiger partial charge on any atom is 0.230 e. The lowest BCUT2D eigenvalue weighted by Crippen LogP contribution is -2.43. The van der Waals surface area contributed by atoms with Crippen molar-refractivity contribution in [1.82, 2.24) is 15.5 Å². The fraction of sp³-hybridized carbons (Fsp3) is 0.895. The van der Waals surface area contributed by atoms with E-state index in [1.165, 1.54) is 0 Å². The van der Waals surface area contributed by atoms with Gasteiger partial charge in [-0.2, -0.15) is 0 Å². The Morgan fingerprint density at radius 1 is 1.30 bits per heavy atom. The maximum atomic E-state index is 12.7. The first kappa shape index (κ1) is 24.4. The molecule has 2 N–H and O–H groups in total. The molecule has 1 heterocycles. The molecular weight excluding hydrogens is 459 g/mol. The minimum absolute atomic E-state index is 0. The molecule has 7 nitrogen and oxygen atoms in total. The Hall–Kier alpha value is -0.610. The summed E-state index contributed by atoms with van der Waals surface area (Å²) in [4.78, 5) is 19.1. The third-order valence-corrected chi connectivity index (χ3v) is 5.16. The molecular formula is C19H37IN4O3. The molecule has 0 aromatic carbocycles. The zero-order chi connectivity index (χ0) is 18.8. The molecule has 27 heavy (non-hydrogen) atoms. The molecule has 1 atom stereocenters. The third-order valence-electron chi connectivity index (χ3n) is 5.16. The Kier molecular flexibility index (Phi) is 11.6. The van der Waals surface area contributed by atoms with Crippen molar-refractivity contribution in [2.45, 2.75) is 51.6 Å². The minimum atomic E-state index is -0.322. The van der Waals surface area contributed by atoms with Crippen LogP contribution in [0.2, 0.25) is 0 Å². The number of rotatable bonds is 9. The Balaban J connectivity index is 0.00000364. The van der Waals surface area contributed by atoms with Crippen molar-refractivity contribution in [2.75, 3.05) is 53.6 Å². The van der Waals surface area contributed by atoms with E-state index in [2.05, 4.69) is 17.6 Å². The van der Waals surface area contributed by atoms with Gasteiger partial charge in [-0.1, -0.05) is 12.8 Å². The van der Waals surface area contributed by atoms with E-state index >= 15 is 0 Å². The number of halogens is 1. The maximum absolute atomic E-state index is 12.7. The second-order valence-corrected chi connectivity index (χ2v) is 7.52. The molecule has 2 rings (SSSR count). The first-order valence-corrected chi connectivity index (χ1v) is 10.0. The van der Waals surface area contributed by atoms with Gasteiger partial charge in [0.2, 0.25) is 5.91 Å². The van der Waals surface area contributed by atoms with Gasteiger partial charge in [-0.25, -0.2) is 0 Å². The molecule has 1 unspecified atom stereocenters. The monoisotopic (exact) mass is 496 g/mol. The van der Waals surface area contributed by atoms with Crippen LogP contribution < -0.4 is 10.6 Å². The van der Waals surface area contributed by atoms with E-state index in [9.17, 15) is 4.79 Å². The van der Waals surface area contributed by atoms with E-state index in [4.69, 9.17) is 14.5 Å². The first-order valence-electron chi connectivity index (χ1n) is 10.0. The molecule has 1 aliphatic heterocycles. The number of hydrogen-bond donors (Lipinski definition) is 2. The van der Waals surface area contributed by atoms with Gasteiger partial charge in [0, 0.05) is 40.4 Å². The molecule has 158 valence electrons. The number of hydrogen-bond acceptors (Lipinski definition) is 4. The van der Waals surface area contributed by atoms with Crippen LogP contribution in [0.5, 0.6) is 0 Å². The van der Waals surface area contributed by atoms with Crippen LogP contribution in [0, 0.1) is 5.41 Å². The Bertz CT molecular complexity index is 462. The van der Waals surface area contributed by atoms with Crippen molar-refractivity contribution in [2.24, 2.45) is 10.4 Å². The highest BCUT2D eigenvalue weighted by atomic mass is 127. The van der Waals surface area contributed by atoms with Crippen LogP contribution in [0.15, 0.2) is 4.99 Å². The lowest BCUT2D eigenvalue weighted by atomic mass is 9.85. The molecule has 0 aromatic heterocycles.